The summed E-state index contributed by atoms with van der Waals surface area (Å²) in [7, 11) is 1.43. The summed E-state index contributed by atoms with van der Waals surface area (Å²) in [6, 6.07) is 11.0. The minimum atomic E-state index is -4.69. The summed E-state index contributed by atoms with van der Waals surface area (Å²) >= 11 is 6.14. The summed E-state index contributed by atoms with van der Waals surface area (Å²) in [5, 5.41) is 11.9. The number of hydrogen-bond donors (Lipinski definition) is 1. The molecule has 2 amide bonds. The maximum absolute atomic E-state index is 13.4. The van der Waals surface area contributed by atoms with Crippen LogP contribution in [0.3, 0.4) is 0 Å². The van der Waals surface area contributed by atoms with Crippen LogP contribution in [0.25, 0.3) is 0 Å². The summed E-state index contributed by atoms with van der Waals surface area (Å²) in [5.41, 5.74) is -0.661. The fraction of sp³-hybridized carbons (Fsp3) is 0.318. The zero-order valence-corrected chi connectivity index (χ0v) is 17.9. The van der Waals surface area contributed by atoms with E-state index in [1.807, 2.05) is 0 Å². The lowest BCUT2D eigenvalue weighted by Gasteiger charge is -2.41. The Balaban J connectivity index is 1.85. The lowest BCUT2D eigenvalue weighted by molar-refractivity contribution is -0.140. The number of amides is 2. The van der Waals surface area contributed by atoms with Gasteiger partial charge in [-0.15, -0.1) is 0 Å². The second-order valence-electron chi connectivity index (χ2n) is 7.27. The third-order valence-corrected chi connectivity index (χ3v) is 5.71. The van der Waals surface area contributed by atoms with Crippen LogP contribution in [-0.4, -0.2) is 49.4 Å². The van der Waals surface area contributed by atoms with Gasteiger partial charge in [-0.25, -0.2) is 0 Å². The lowest BCUT2D eigenvalue weighted by atomic mass is 10.0. The van der Waals surface area contributed by atoms with E-state index < -0.39 is 29.3 Å². The van der Waals surface area contributed by atoms with Crippen LogP contribution in [0.5, 0.6) is 0 Å². The summed E-state index contributed by atoms with van der Waals surface area (Å²) in [6.07, 6.45) is -4.68. The van der Waals surface area contributed by atoms with Crippen molar-refractivity contribution in [3.8, 4) is 6.07 Å². The fourth-order valence-electron chi connectivity index (χ4n) is 3.67. The third kappa shape index (κ3) is 4.97. The van der Waals surface area contributed by atoms with E-state index in [1.165, 1.54) is 18.0 Å². The zero-order chi connectivity index (χ0) is 23.5. The standard InChI is InChI=1S/C22H20ClF3N4O2/c1-28-21(32)19-13-29(16-7-6-15(12-27)17(11-16)22(24,25)26)8-9-30(19)20(31)10-14-4-2-3-5-18(14)23/h2-7,11,19H,8-10,13H2,1H3,(H,28,32). The molecule has 32 heavy (non-hydrogen) atoms. The Morgan fingerprint density at radius 1 is 1.22 bits per heavy atom. The number of benzene rings is 2. The van der Waals surface area contributed by atoms with Gasteiger partial charge in [0.2, 0.25) is 11.8 Å². The maximum Gasteiger partial charge on any atom is 0.417 e. The highest BCUT2D eigenvalue weighted by molar-refractivity contribution is 6.31. The van der Waals surface area contributed by atoms with Crippen LogP contribution in [0.1, 0.15) is 16.7 Å². The van der Waals surface area contributed by atoms with Crippen molar-refractivity contribution in [2.75, 3.05) is 31.6 Å². The number of carbonyl (C=O) groups is 2. The van der Waals surface area contributed by atoms with Gasteiger partial charge in [0.15, 0.2) is 0 Å². The number of alkyl halides is 3. The number of nitrogens with one attached hydrogen (secondary N) is 1. The summed E-state index contributed by atoms with van der Waals surface area (Å²) in [4.78, 5) is 28.5. The Bertz CT molecular complexity index is 1070. The van der Waals surface area contributed by atoms with Crippen LogP contribution in [0.2, 0.25) is 5.02 Å². The molecular formula is C22H20ClF3N4O2. The first-order valence-corrected chi connectivity index (χ1v) is 10.1. The van der Waals surface area contributed by atoms with Crippen LogP contribution < -0.4 is 10.2 Å². The second-order valence-corrected chi connectivity index (χ2v) is 7.68. The molecule has 1 saturated heterocycles. The van der Waals surface area contributed by atoms with E-state index in [1.54, 1.807) is 35.2 Å². The Kier molecular flexibility index (Phi) is 6.94. The molecule has 1 fully saturated rings. The molecule has 1 aliphatic rings. The second kappa shape index (κ2) is 9.49. The highest BCUT2D eigenvalue weighted by Gasteiger charge is 2.37. The predicted molar refractivity (Wildman–Crippen MR) is 113 cm³/mol. The smallest absolute Gasteiger partial charge is 0.367 e. The van der Waals surface area contributed by atoms with Gasteiger partial charge >= 0.3 is 6.18 Å². The molecular weight excluding hydrogens is 445 g/mol. The lowest BCUT2D eigenvalue weighted by Crippen LogP contribution is -2.60. The van der Waals surface area contributed by atoms with Crippen molar-refractivity contribution in [3.05, 3.63) is 64.2 Å². The van der Waals surface area contributed by atoms with Gasteiger partial charge in [-0.3, -0.25) is 9.59 Å². The van der Waals surface area contributed by atoms with Crippen LogP contribution in [0, 0.1) is 11.3 Å². The van der Waals surface area contributed by atoms with E-state index in [2.05, 4.69) is 5.32 Å². The minimum absolute atomic E-state index is 0.00224. The monoisotopic (exact) mass is 464 g/mol. The van der Waals surface area contributed by atoms with E-state index in [-0.39, 0.29) is 37.6 Å². The van der Waals surface area contributed by atoms with Gasteiger partial charge in [-0.05, 0) is 29.8 Å². The van der Waals surface area contributed by atoms with Crippen molar-refractivity contribution in [2.24, 2.45) is 0 Å². The molecule has 0 aromatic heterocycles. The molecule has 0 aliphatic carbocycles. The molecule has 6 nitrogen and oxygen atoms in total. The topological polar surface area (TPSA) is 76.4 Å². The molecule has 1 aliphatic heterocycles. The largest absolute Gasteiger partial charge is 0.417 e. The Labute approximate surface area is 188 Å². The number of nitriles is 1. The molecule has 1 unspecified atom stereocenters. The molecule has 1 atom stereocenters. The van der Waals surface area contributed by atoms with Crippen molar-refractivity contribution >= 4 is 29.1 Å². The molecule has 10 heteroatoms. The molecule has 0 bridgehead atoms. The molecule has 2 aromatic rings. The molecule has 1 N–H and O–H groups in total. The quantitative estimate of drug-likeness (QED) is 0.753. The number of nitrogens with zero attached hydrogens (tertiary/aromatic N) is 3. The summed E-state index contributed by atoms with van der Waals surface area (Å²) < 4.78 is 40.1. The van der Waals surface area contributed by atoms with Gasteiger partial charge in [-0.2, -0.15) is 18.4 Å². The first kappa shape index (κ1) is 23.4. The van der Waals surface area contributed by atoms with Gasteiger partial charge in [0.1, 0.15) is 6.04 Å². The van der Waals surface area contributed by atoms with Crippen molar-refractivity contribution in [2.45, 2.75) is 18.6 Å². The van der Waals surface area contributed by atoms with Gasteiger partial charge < -0.3 is 15.1 Å². The molecule has 0 saturated carbocycles. The molecule has 0 radical (unpaired) electrons. The first-order chi connectivity index (χ1) is 15.2. The number of likely N-dealkylation sites (N-methyl/N-ethyl adjacent to an activating group) is 1. The molecule has 2 aromatic carbocycles. The van der Waals surface area contributed by atoms with Crippen molar-refractivity contribution in [1.82, 2.24) is 10.2 Å². The first-order valence-electron chi connectivity index (χ1n) is 9.76. The van der Waals surface area contributed by atoms with Crippen LogP contribution in [0.4, 0.5) is 18.9 Å². The van der Waals surface area contributed by atoms with E-state index in [0.717, 1.165) is 12.1 Å². The van der Waals surface area contributed by atoms with Crippen molar-refractivity contribution < 1.29 is 22.8 Å². The summed E-state index contributed by atoms with van der Waals surface area (Å²) in [5.74, 6) is -0.728. The number of piperazine rings is 1. The molecule has 3 rings (SSSR count). The number of rotatable bonds is 4. The minimum Gasteiger partial charge on any atom is -0.367 e. The van der Waals surface area contributed by atoms with Crippen LogP contribution in [-0.2, 0) is 22.2 Å². The SMILES string of the molecule is CNC(=O)C1CN(c2ccc(C#N)c(C(F)(F)F)c2)CCN1C(=O)Cc1ccccc1Cl. The van der Waals surface area contributed by atoms with Gasteiger partial charge in [0.25, 0.3) is 0 Å². The van der Waals surface area contributed by atoms with E-state index in [4.69, 9.17) is 16.9 Å². The average molecular weight is 465 g/mol. The fourth-order valence-corrected chi connectivity index (χ4v) is 3.88. The Morgan fingerprint density at radius 2 is 1.94 bits per heavy atom. The highest BCUT2D eigenvalue weighted by Crippen LogP contribution is 2.35. The Morgan fingerprint density at radius 3 is 2.56 bits per heavy atom. The Hall–Kier alpha value is -3.25. The average Bonchev–Trinajstić information content (AvgIpc) is 2.78. The molecule has 1 heterocycles. The molecule has 0 spiro atoms. The van der Waals surface area contributed by atoms with E-state index >= 15 is 0 Å². The predicted octanol–water partition coefficient (Wildman–Crippen LogP) is 3.24. The summed E-state index contributed by atoms with van der Waals surface area (Å²) in [6.45, 7) is 0.380. The number of halogens is 4. The highest BCUT2D eigenvalue weighted by atomic mass is 35.5. The van der Waals surface area contributed by atoms with Crippen molar-refractivity contribution in [1.29, 1.82) is 5.26 Å². The van der Waals surface area contributed by atoms with Gasteiger partial charge in [0, 0.05) is 37.4 Å². The number of hydrogen-bond acceptors (Lipinski definition) is 4. The van der Waals surface area contributed by atoms with Crippen molar-refractivity contribution in [3.63, 3.8) is 0 Å². The number of anilines is 1. The zero-order valence-electron chi connectivity index (χ0n) is 17.1. The van der Waals surface area contributed by atoms with E-state index in [9.17, 15) is 22.8 Å². The van der Waals surface area contributed by atoms with Crippen LogP contribution >= 0.6 is 11.6 Å². The maximum atomic E-state index is 13.4. The number of carbonyl (C=O) groups excluding carboxylic acids is 2. The third-order valence-electron chi connectivity index (χ3n) is 5.34. The normalized spacial score (nSPS) is 16.4. The van der Waals surface area contributed by atoms with Crippen LogP contribution in [0.15, 0.2) is 42.5 Å². The van der Waals surface area contributed by atoms with Gasteiger partial charge in [-0.1, -0.05) is 29.8 Å². The molecule has 168 valence electrons. The van der Waals surface area contributed by atoms with Gasteiger partial charge in [0.05, 0.1) is 23.6 Å². The van der Waals surface area contributed by atoms with E-state index in [0.29, 0.717) is 10.6 Å².